The van der Waals surface area contributed by atoms with E-state index in [1.54, 1.807) is 24.3 Å². The molecular formula is C12H12O3. The van der Waals surface area contributed by atoms with Crippen molar-refractivity contribution < 1.29 is 14.3 Å². The van der Waals surface area contributed by atoms with E-state index in [4.69, 9.17) is 4.74 Å². The van der Waals surface area contributed by atoms with E-state index in [9.17, 15) is 4.79 Å². The van der Waals surface area contributed by atoms with E-state index < -0.39 is 0 Å². The van der Waals surface area contributed by atoms with Crippen molar-refractivity contribution in [3.05, 3.63) is 35.9 Å². The van der Waals surface area contributed by atoms with Gasteiger partial charge in [-0.25, -0.2) is 0 Å². The Morgan fingerprint density at radius 1 is 1.33 bits per heavy atom. The summed E-state index contributed by atoms with van der Waals surface area (Å²) in [6, 6.07) is 8.92. The van der Waals surface area contributed by atoms with Crippen LogP contribution in [0.25, 0.3) is 0 Å². The molecule has 0 bridgehead atoms. The second kappa shape index (κ2) is 6.77. The quantitative estimate of drug-likeness (QED) is 0.245. The molecule has 0 saturated carbocycles. The monoisotopic (exact) mass is 204 g/mol. The molecule has 0 amide bonds. The fraction of sp³-hybridized carbons (Fsp3) is 0.250. The zero-order valence-corrected chi connectivity index (χ0v) is 8.53. The van der Waals surface area contributed by atoms with Gasteiger partial charge in [-0.2, -0.15) is 0 Å². The van der Waals surface area contributed by atoms with Crippen LogP contribution >= 0.6 is 0 Å². The van der Waals surface area contributed by atoms with Crippen LogP contribution in [0.4, 0.5) is 0 Å². The molecule has 0 aliphatic rings. The molecule has 0 N–H and O–H groups in total. The molecule has 0 spiro atoms. The second-order valence-corrected chi connectivity index (χ2v) is 2.75. The number of rotatable bonds is 4. The van der Waals surface area contributed by atoms with Gasteiger partial charge in [0.25, 0.3) is 0 Å². The molecule has 3 heteroatoms. The van der Waals surface area contributed by atoms with Gasteiger partial charge >= 0.3 is 0 Å². The van der Waals surface area contributed by atoms with Crippen LogP contribution in [0.15, 0.2) is 30.3 Å². The van der Waals surface area contributed by atoms with Gasteiger partial charge in [0.15, 0.2) is 0 Å². The Hall–Kier alpha value is -1.63. The van der Waals surface area contributed by atoms with Gasteiger partial charge in [-0.05, 0) is 5.92 Å². The Bertz CT molecular complexity index is 359. The lowest BCUT2D eigenvalue weighted by atomic mass is 10.1. The molecule has 0 aliphatic heterocycles. The SMILES string of the molecule is COCOCC#CC(=O)c1ccccc1. The molecule has 0 aromatic heterocycles. The molecule has 1 aromatic rings. The van der Waals surface area contributed by atoms with Gasteiger partial charge in [0.1, 0.15) is 13.4 Å². The molecule has 0 radical (unpaired) electrons. The number of carbonyl (C=O) groups is 1. The van der Waals surface area contributed by atoms with Crippen LogP contribution in [0.2, 0.25) is 0 Å². The van der Waals surface area contributed by atoms with Crippen LogP contribution < -0.4 is 0 Å². The summed E-state index contributed by atoms with van der Waals surface area (Å²) in [7, 11) is 1.53. The first kappa shape index (κ1) is 11.4. The van der Waals surface area contributed by atoms with E-state index in [1.807, 2.05) is 6.07 Å². The van der Waals surface area contributed by atoms with Crippen molar-refractivity contribution in [1.82, 2.24) is 0 Å². The van der Waals surface area contributed by atoms with Crippen LogP contribution in [0, 0.1) is 11.8 Å². The summed E-state index contributed by atoms with van der Waals surface area (Å²) in [5, 5.41) is 0. The summed E-state index contributed by atoms with van der Waals surface area (Å²) in [4.78, 5) is 11.4. The molecule has 1 aromatic carbocycles. The predicted molar refractivity (Wildman–Crippen MR) is 56.4 cm³/mol. The molecule has 0 atom stereocenters. The van der Waals surface area contributed by atoms with Crippen LogP contribution in [-0.4, -0.2) is 26.3 Å². The highest BCUT2D eigenvalue weighted by Gasteiger charge is 1.98. The Balaban J connectivity index is 2.42. The number of methoxy groups -OCH3 is 1. The van der Waals surface area contributed by atoms with E-state index in [1.165, 1.54) is 7.11 Å². The molecule has 0 unspecified atom stereocenters. The predicted octanol–water partition coefficient (Wildman–Crippen LogP) is 1.49. The minimum Gasteiger partial charge on any atom is -0.359 e. The van der Waals surface area contributed by atoms with Crippen LogP contribution in [0.3, 0.4) is 0 Å². The maximum Gasteiger partial charge on any atom is 0.235 e. The zero-order valence-electron chi connectivity index (χ0n) is 8.53. The molecule has 0 fully saturated rings. The van der Waals surface area contributed by atoms with Crippen molar-refractivity contribution in [2.45, 2.75) is 0 Å². The summed E-state index contributed by atoms with van der Waals surface area (Å²) in [5.74, 6) is 4.91. The maximum atomic E-state index is 11.4. The standard InChI is InChI=1S/C12H12O3/c1-14-10-15-9-5-8-12(13)11-6-3-2-4-7-11/h2-4,6-7H,9-10H2,1H3. The number of ketones is 1. The lowest BCUT2D eigenvalue weighted by molar-refractivity contribution is -0.0166. The minimum absolute atomic E-state index is 0.189. The molecule has 0 heterocycles. The fourth-order valence-electron chi connectivity index (χ4n) is 0.954. The van der Waals surface area contributed by atoms with E-state index in [0.717, 1.165) is 0 Å². The van der Waals surface area contributed by atoms with Crippen LogP contribution in [0.5, 0.6) is 0 Å². The minimum atomic E-state index is -0.198. The third-order valence-electron chi connectivity index (χ3n) is 1.61. The lowest BCUT2D eigenvalue weighted by Crippen LogP contribution is -1.98. The van der Waals surface area contributed by atoms with Crippen LogP contribution in [-0.2, 0) is 9.47 Å². The summed E-state index contributed by atoms with van der Waals surface area (Å²) in [6.07, 6.45) is 0. The topological polar surface area (TPSA) is 35.5 Å². The molecule has 78 valence electrons. The van der Waals surface area contributed by atoms with Crippen LogP contribution in [0.1, 0.15) is 10.4 Å². The average Bonchev–Trinajstić information content (AvgIpc) is 2.30. The molecule has 15 heavy (non-hydrogen) atoms. The van der Waals surface area contributed by atoms with E-state index in [-0.39, 0.29) is 19.2 Å². The van der Waals surface area contributed by atoms with E-state index in [2.05, 4.69) is 16.6 Å². The van der Waals surface area contributed by atoms with Gasteiger partial charge in [-0.1, -0.05) is 36.3 Å². The van der Waals surface area contributed by atoms with Gasteiger partial charge in [0.2, 0.25) is 5.78 Å². The maximum absolute atomic E-state index is 11.4. The van der Waals surface area contributed by atoms with Gasteiger partial charge in [0, 0.05) is 12.7 Å². The third-order valence-corrected chi connectivity index (χ3v) is 1.61. The zero-order chi connectivity index (χ0) is 10.9. The van der Waals surface area contributed by atoms with Gasteiger partial charge < -0.3 is 9.47 Å². The van der Waals surface area contributed by atoms with E-state index >= 15 is 0 Å². The van der Waals surface area contributed by atoms with Crippen molar-refractivity contribution in [2.24, 2.45) is 0 Å². The molecule has 0 saturated heterocycles. The number of Topliss-reactive ketones (excluding diaryl/α,β-unsaturated/α-hetero) is 1. The Labute approximate surface area is 89.0 Å². The smallest absolute Gasteiger partial charge is 0.235 e. The van der Waals surface area contributed by atoms with Crippen molar-refractivity contribution in [3.8, 4) is 11.8 Å². The summed E-state index contributed by atoms with van der Waals surface area (Å²) in [6.45, 7) is 0.390. The highest BCUT2D eigenvalue weighted by molar-refractivity contribution is 6.08. The highest BCUT2D eigenvalue weighted by atomic mass is 16.7. The largest absolute Gasteiger partial charge is 0.359 e. The molecule has 3 nitrogen and oxygen atoms in total. The first-order valence-electron chi connectivity index (χ1n) is 4.49. The Morgan fingerprint density at radius 2 is 2.07 bits per heavy atom. The first-order valence-corrected chi connectivity index (χ1v) is 4.49. The van der Waals surface area contributed by atoms with Gasteiger partial charge in [0.05, 0.1) is 0 Å². The highest BCUT2D eigenvalue weighted by Crippen LogP contribution is 1.98. The van der Waals surface area contributed by atoms with E-state index in [0.29, 0.717) is 5.56 Å². The Kier molecular flexibility index (Phi) is 5.16. The molecule has 0 aliphatic carbocycles. The van der Waals surface area contributed by atoms with Gasteiger partial charge in [-0.15, -0.1) is 0 Å². The third kappa shape index (κ3) is 4.41. The summed E-state index contributed by atoms with van der Waals surface area (Å²) in [5.41, 5.74) is 0.594. The summed E-state index contributed by atoms with van der Waals surface area (Å²) >= 11 is 0. The summed E-state index contributed by atoms with van der Waals surface area (Å²) < 4.78 is 9.58. The van der Waals surface area contributed by atoms with Crippen molar-refractivity contribution >= 4 is 5.78 Å². The van der Waals surface area contributed by atoms with Crippen molar-refractivity contribution in [2.75, 3.05) is 20.5 Å². The fourth-order valence-corrected chi connectivity index (χ4v) is 0.954. The van der Waals surface area contributed by atoms with Crippen molar-refractivity contribution in [3.63, 3.8) is 0 Å². The molecular weight excluding hydrogens is 192 g/mol. The number of benzene rings is 1. The number of ether oxygens (including phenoxy) is 2. The normalized spacial score (nSPS) is 9.13. The van der Waals surface area contributed by atoms with Crippen molar-refractivity contribution in [1.29, 1.82) is 0 Å². The Morgan fingerprint density at radius 3 is 2.73 bits per heavy atom. The lowest BCUT2D eigenvalue weighted by Gasteiger charge is -1.94. The number of hydrogen-bond donors (Lipinski definition) is 0. The number of hydrogen-bond acceptors (Lipinski definition) is 3. The average molecular weight is 204 g/mol. The second-order valence-electron chi connectivity index (χ2n) is 2.75. The number of carbonyl (C=O) groups excluding carboxylic acids is 1. The van der Waals surface area contributed by atoms with Gasteiger partial charge in [-0.3, -0.25) is 4.79 Å². The first-order chi connectivity index (χ1) is 7.34. The molecule has 1 rings (SSSR count).